The molecule has 0 aliphatic carbocycles. The van der Waals surface area contributed by atoms with E-state index in [0.717, 1.165) is 28.2 Å². The summed E-state index contributed by atoms with van der Waals surface area (Å²) in [4.78, 5) is 0. The van der Waals surface area contributed by atoms with E-state index in [1.54, 1.807) is 14.2 Å². The fraction of sp³-hybridized carbons (Fsp3) is 0.447. The Kier molecular flexibility index (Phi) is 15.2. The monoisotopic (exact) mass is 660 g/mol. The molecule has 0 N–H and O–H groups in total. The summed E-state index contributed by atoms with van der Waals surface area (Å²) in [7, 11) is 1.83. The molecule has 0 fully saturated rings. The van der Waals surface area contributed by atoms with E-state index in [0.29, 0.717) is 0 Å². The fourth-order valence-corrected chi connectivity index (χ4v) is 7.13. The van der Waals surface area contributed by atoms with E-state index in [9.17, 15) is 0 Å². The van der Waals surface area contributed by atoms with Crippen LogP contribution in [0.5, 0.6) is 11.5 Å². The number of ether oxygens (including phenoxy) is 4. The van der Waals surface area contributed by atoms with Gasteiger partial charge in [0, 0.05) is 17.5 Å². The van der Waals surface area contributed by atoms with Crippen molar-refractivity contribution < 1.29 is 28.0 Å². The van der Waals surface area contributed by atoms with Gasteiger partial charge in [-0.05, 0) is 68.7 Å². The van der Waals surface area contributed by atoms with Crippen LogP contribution in [0.4, 0.5) is 0 Å². The number of hydrogen-bond acceptors (Lipinski definition) is 8. The van der Waals surface area contributed by atoms with Gasteiger partial charge in [0.1, 0.15) is 23.7 Å². The van der Waals surface area contributed by atoms with Crippen LogP contribution < -0.4 is 9.47 Å². The summed E-state index contributed by atoms with van der Waals surface area (Å²) in [5.74, 6) is 4.06. The van der Waals surface area contributed by atoms with Crippen LogP contribution in [0.15, 0.2) is 78.9 Å². The van der Waals surface area contributed by atoms with Crippen molar-refractivity contribution in [3.05, 3.63) is 95.6 Å². The Bertz CT molecular complexity index is 1360. The Morgan fingerprint density at radius 2 is 1.30 bits per heavy atom. The summed E-state index contributed by atoms with van der Waals surface area (Å²) in [6.07, 6.45) is 5.84. The van der Waals surface area contributed by atoms with Gasteiger partial charge in [0.15, 0.2) is 0 Å². The first-order valence-corrected chi connectivity index (χ1v) is 17.0. The number of rotatable bonds is 20. The first-order chi connectivity index (χ1) is 22.6. The van der Waals surface area contributed by atoms with Crippen LogP contribution in [0.3, 0.4) is 0 Å². The molecule has 8 nitrogen and oxygen atoms in total. The Morgan fingerprint density at radius 3 is 1.77 bits per heavy atom. The molecule has 9 heteroatoms. The highest BCUT2D eigenvalue weighted by Crippen LogP contribution is 2.48. The van der Waals surface area contributed by atoms with Gasteiger partial charge in [-0.2, -0.15) is 5.26 Å². The molecule has 47 heavy (non-hydrogen) atoms. The van der Waals surface area contributed by atoms with Crippen LogP contribution in [-0.4, -0.2) is 64.0 Å². The van der Waals surface area contributed by atoms with Crippen LogP contribution in [0.25, 0.3) is 0 Å². The minimum absolute atomic E-state index is 0.161. The number of methoxy groups -OCH3 is 2. The molecule has 0 saturated heterocycles. The smallest absolute Gasteiger partial charge is 0.259 e. The average Bonchev–Trinajstić information content (AvgIpc) is 3.08. The van der Waals surface area contributed by atoms with E-state index < -0.39 is 19.5 Å². The third-order valence-electron chi connectivity index (χ3n) is 7.63. The molecule has 0 aliphatic heterocycles. The molecule has 3 rings (SSSR count). The molecule has 0 radical (unpaired) electrons. The van der Waals surface area contributed by atoms with Crippen molar-refractivity contribution in [3.63, 3.8) is 0 Å². The quantitative estimate of drug-likeness (QED) is 0.0523. The average molecular weight is 661 g/mol. The van der Waals surface area contributed by atoms with Gasteiger partial charge in [0.2, 0.25) is 0 Å². The maximum absolute atomic E-state index is 9.16. The summed E-state index contributed by atoms with van der Waals surface area (Å²) < 4.78 is 39.2. The lowest BCUT2D eigenvalue weighted by molar-refractivity contribution is -0.0768. The van der Waals surface area contributed by atoms with Crippen molar-refractivity contribution in [2.45, 2.75) is 58.7 Å². The number of hydrogen-bond donors (Lipinski definition) is 0. The lowest BCUT2D eigenvalue weighted by Gasteiger charge is -2.41. The van der Waals surface area contributed by atoms with Crippen molar-refractivity contribution in [3.8, 4) is 29.9 Å². The lowest BCUT2D eigenvalue weighted by atomic mass is 9.79. The first-order valence-electron chi connectivity index (χ1n) is 15.8. The highest BCUT2D eigenvalue weighted by Gasteiger charge is 2.41. The molecular formula is C38H49N2O6P. The number of terminal acetylenes is 1. The van der Waals surface area contributed by atoms with Crippen LogP contribution >= 0.6 is 8.53 Å². The third kappa shape index (κ3) is 10.3. The van der Waals surface area contributed by atoms with Crippen LogP contribution in [0, 0.1) is 29.1 Å². The highest BCUT2D eigenvalue weighted by molar-refractivity contribution is 7.44. The van der Waals surface area contributed by atoms with Crippen molar-refractivity contribution in [2.24, 2.45) is 5.41 Å². The second-order valence-corrected chi connectivity index (χ2v) is 13.6. The zero-order valence-corrected chi connectivity index (χ0v) is 29.7. The van der Waals surface area contributed by atoms with Crippen molar-refractivity contribution in [2.75, 3.05) is 47.3 Å². The van der Waals surface area contributed by atoms with Gasteiger partial charge in [-0.3, -0.25) is 0 Å². The Hall–Kier alpha value is -3.46. The van der Waals surface area contributed by atoms with Gasteiger partial charge in [0.25, 0.3) is 8.53 Å². The molecule has 0 bridgehead atoms. The summed E-state index contributed by atoms with van der Waals surface area (Å²) >= 11 is 0. The SMILES string of the molecule is C#CCOCC(C)(COP(OCCC#N)N(C(C)C)C(C)C)COC(c1ccccc1)(c1ccc(OC)cc1)c1ccc(OC)cc1. The number of benzene rings is 3. The summed E-state index contributed by atoms with van der Waals surface area (Å²) in [5, 5.41) is 9.16. The van der Waals surface area contributed by atoms with Gasteiger partial charge in [-0.15, -0.1) is 6.42 Å². The van der Waals surface area contributed by atoms with Crippen molar-refractivity contribution in [1.29, 1.82) is 5.26 Å². The molecule has 3 aromatic rings. The van der Waals surface area contributed by atoms with E-state index in [1.807, 2.05) is 66.7 Å². The Balaban J connectivity index is 2.09. The number of nitrogens with zero attached hydrogens (tertiary/aromatic N) is 2. The predicted molar refractivity (Wildman–Crippen MR) is 187 cm³/mol. The minimum atomic E-state index is -1.48. The molecule has 0 saturated carbocycles. The maximum atomic E-state index is 9.16. The molecule has 0 aliphatic rings. The molecule has 2 atom stereocenters. The molecule has 252 valence electrons. The molecule has 0 amide bonds. The van der Waals surface area contributed by atoms with Gasteiger partial charge >= 0.3 is 0 Å². The number of nitriles is 1. The van der Waals surface area contributed by atoms with Crippen LogP contribution in [0.2, 0.25) is 0 Å². The molecular weight excluding hydrogens is 611 g/mol. The van der Waals surface area contributed by atoms with Crippen molar-refractivity contribution >= 4 is 8.53 Å². The summed E-state index contributed by atoms with van der Waals surface area (Å²) in [5.41, 5.74) is 1.15. The molecule has 0 aromatic heterocycles. The van der Waals surface area contributed by atoms with Gasteiger partial charge in [-0.1, -0.05) is 67.4 Å². The van der Waals surface area contributed by atoms with E-state index in [2.05, 4.69) is 63.4 Å². The zero-order valence-electron chi connectivity index (χ0n) is 28.8. The Labute approximate surface area is 282 Å². The normalized spacial score (nSPS) is 13.6. The predicted octanol–water partition coefficient (Wildman–Crippen LogP) is 7.96. The highest BCUT2D eigenvalue weighted by atomic mass is 31.2. The maximum Gasteiger partial charge on any atom is 0.259 e. The second-order valence-electron chi connectivity index (χ2n) is 12.1. The van der Waals surface area contributed by atoms with Gasteiger partial charge in [0.05, 0.1) is 53.1 Å². The first kappa shape index (κ1) is 38.0. The second kappa shape index (κ2) is 18.8. The Morgan fingerprint density at radius 1 is 0.766 bits per heavy atom. The van der Waals surface area contributed by atoms with E-state index in [-0.39, 0.29) is 51.5 Å². The fourth-order valence-electron chi connectivity index (χ4n) is 5.36. The molecule has 0 spiro atoms. The topological polar surface area (TPSA) is 82.4 Å². The van der Waals surface area contributed by atoms with E-state index in [1.165, 1.54) is 0 Å². The molecule has 2 unspecified atom stereocenters. The largest absolute Gasteiger partial charge is 0.497 e. The third-order valence-corrected chi connectivity index (χ3v) is 9.69. The van der Waals surface area contributed by atoms with Crippen LogP contribution in [-0.2, 0) is 24.1 Å². The van der Waals surface area contributed by atoms with Gasteiger partial charge in [-0.25, -0.2) is 4.67 Å². The van der Waals surface area contributed by atoms with E-state index in [4.69, 9.17) is 39.7 Å². The van der Waals surface area contributed by atoms with Gasteiger partial charge < -0.3 is 28.0 Å². The van der Waals surface area contributed by atoms with Crippen molar-refractivity contribution in [1.82, 2.24) is 4.67 Å². The standard InChI is InChI=1S/C38H49N2O6P/c1-9-25-43-27-37(6,29-46-47(45-26-13-24-39)40(30(2)3)31(4)5)28-44-38(32-14-11-10-12-15-32,33-16-20-35(41-7)21-17-33)34-18-22-36(42-8)23-19-34/h1,10-12,14-23,30-31H,13,25-29H2,2-8H3. The molecule has 0 heterocycles. The summed E-state index contributed by atoms with van der Waals surface area (Å²) in [6, 6.07) is 28.5. The minimum Gasteiger partial charge on any atom is -0.497 e. The van der Waals surface area contributed by atoms with E-state index >= 15 is 0 Å². The summed E-state index contributed by atoms with van der Waals surface area (Å²) in [6.45, 7) is 11.8. The zero-order chi connectivity index (χ0) is 34.3. The van der Waals surface area contributed by atoms with Crippen LogP contribution in [0.1, 0.15) is 57.7 Å². The lowest BCUT2D eigenvalue weighted by Crippen LogP contribution is -2.41. The molecule has 3 aromatic carbocycles.